The van der Waals surface area contributed by atoms with Crippen molar-refractivity contribution in [2.24, 2.45) is 0 Å². The molecule has 112 valence electrons. The molecule has 1 atom stereocenters. The lowest BCUT2D eigenvalue weighted by molar-refractivity contribution is -0.121. The van der Waals surface area contributed by atoms with Gasteiger partial charge in [-0.3, -0.25) is 4.79 Å². The summed E-state index contributed by atoms with van der Waals surface area (Å²) in [7, 11) is 0. The second-order valence-corrected chi connectivity index (χ2v) is 5.39. The summed E-state index contributed by atoms with van der Waals surface area (Å²) in [5, 5.41) is 11.7. The number of hydrogen-bond acceptors (Lipinski definition) is 3. The molecule has 0 spiro atoms. The van der Waals surface area contributed by atoms with E-state index in [4.69, 9.17) is 5.11 Å². The highest BCUT2D eigenvalue weighted by atomic mass is 32.2. The van der Waals surface area contributed by atoms with Crippen LogP contribution >= 0.6 is 11.8 Å². The van der Waals surface area contributed by atoms with Gasteiger partial charge in [0.1, 0.15) is 0 Å². The van der Waals surface area contributed by atoms with Crippen molar-refractivity contribution in [3.8, 4) is 0 Å². The number of hydrogen-bond donors (Lipinski definition) is 2. The number of nitrogens with one attached hydrogen (secondary N) is 1. The van der Waals surface area contributed by atoms with Crippen molar-refractivity contribution in [2.45, 2.75) is 25.3 Å². The number of benzene rings is 1. The third-order valence-electron chi connectivity index (χ3n) is 2.84. The largest absolute Gasteiger partial charge is 0.396 e. The molecule has 0 aliphatic rings. The maximum atomic E-state index is 13.0. The second-order valence-electron chi connectivity index (χ2n) is 4.48. The Kier molecular flexibility index (Phi) is 7.54. The standard InChI is InChI=1S/C14H19F2NO2S/c1-20-9-11(6-7-18)17-14(19)5-3-10-2-4-12(15)13(16)8-10/h2,4,8,11,18H,3,5-7,9H2,1H3,(H,17,19). The zero-order chi connectivity index (χ0) is 15.0. The first-order chi connectivity index (χ1) is 9.56. The van der Waals surface area contributed by atoms with Crippen molar-refractivity contribution >= 4 is 17.7 Å². The van der Waals surface area contributed by atoms with E-state index in [-0.39, 0.29) is 25.0 Å². The van der Waals surface area contributed by atoms with E-state index in [9.17, 15) is 13.6 Å². The molecule has 0 bridgehead atoms. The van der Waals surface area contributed by atoms with Gasteiger partial charge in [0, 0.05) is 24.8 Å². The lowest BCUT2D eigenvalue weighted by atomic mass is 10.1. The predicted molar refractivity (Wildman–Crippen MR) is 76.7 cm³/mol. The number of aliphatic hydroxyl groups excluding tert-OH is 1. The van der Waals surface area contributed by atoms with Crippen molar-refractivity contribution in [3.63, 3.8) is 0 Å². The molecule has 0 aromatic heterocycles. The monoisotopic (exact) mass is 303 g/mol. The minimum absolute atomic E-state index is 0.0225. The summed E-state index contributed by atoms with van der Waals surface area (Å²) in [6.07, 6.45) is 3.01. The molecular weight excluding hydrogens is 284 g/mol. The van der Waals surface area contributed by atoms with Gasteiger partial charge in [-0.25, -0.2) is 8.78 Å². The molecule has 1 amide bonds. The highest BCUT2D eigenvalue weighted by molar-refractivity contribution is 7.98. The van der Waals surface area contributed by atoms with E-state index in [1.807, 2.05) is 6.26 Å². The minimum atomic E-state index is -0.900. The van der Waals surface area contributed by atoms with Crippen LogP contribution in [0, 0.1) is 11.6 Å². The van der Waals surface area contributed by atoms with Crippen molar-refractivity contribution in [2.75, 3.05) is 18.6 Å². The Balaban J connectivity index is 2.43. The summed E-state index contributed by atoms with van der Waals surface area (Å²) in [6, 6.07) is 3.58. The highest BCUT2D eigenvalue weighted by Gasteiger charge is 2.11. The number of carbonyl (C=O) groups excluding carboxylic acids is 1. The van der Waals surface area contributed by atoms with Crippen LogP contribution in [-0.2, 0) is 11.2 Å². The lowest BCUT2D eigenvalue weighted by Crippen LogP contribution is -2.37. The Hall–Kier alpha value is -1.14. The number of carbonyl (C=O) groups is 1. The van der Waals surface area contributed by atoms with E-state index in [2.05, 4.69) is 5.32 Å². The van der Waals surface area contributed by atoms with Gasteiger partial charge in [-0.05, 0) is 36.8 Å². The fourth-order valence-corrected chi connectivity index (χ4v) is 2.46. The SMILES string of the molecule is CSCC(CCO)NC(=O)CCc1ccc(F)c(F)c1. The number of aryl methyl sites for hydroxylation is 1. The molecule has 0 aliphatic heterocycles. The van der Waals surface area contributed by atoms with Crippen molar-refractivity contribution < 1.29 is 18.7 Å². The Bertz CT molecular complexity index is 437. The van der Waals surface area contributed by atoms with Crippen LogP contribution in [0.25, 0.3) is 0 Å². The van der Waals surface area contributed by atoms with Gasteiger partial charge in [-0.1, -0.05) is 6.07 Å². The van der Waals surface area contributed by atoms with E-state index >= 15 is 0 Å². The van der Waals surface area contributed by atoms with Crippen LogP contribution in [0.1, 0.15) is 18.4 Å². The Morgan fingerprint density at radius 3 is 2.75 bits per heavy atom. The van der Waals surface area contributed by atoms with Gasteiger partial charge in [0.05, 0.1) is 0 Å². The first-order valence-electron chi connectivity index (χ1n) is 6.40. The third kappa shape index (κ3) is 5.88. The van der Waals surface area contributed by atoms with Crippen LogP contribution in [0.4, 0.5) is 8.78 Å². The molecule has 0 heterocycles. The van der Waals surface area contributed by atoms with E-state index < -0.39 is 11.6 Å². The average molecular weight is 303 g/mol. The fourth-order valence-electron chi connectivity index (χ4n) is 1.81. The van der Waals surface area contributed by atoms with Crippen molar-refractivity contribution in [1.82, 2.24) is 5.32 Å². The van der Waals surface area contributed by atoms with E-state index in [1.54, 1.807) is 11.8 Å². The summed E-state index contributed by atoms with van der Waals surface area (Å²) in [5.74, 6) is -1.20. The summed E-state index contributed by atoms with van der Waals surface area (Å²) in [5.41, 5.74) is 0.586. The van der Waals surface area contributed by atoms with Crippen LogP contribution in [-0.4, -0.2) is 35.7 Å². The molecule has 1 rings (SSSR count). The second kappa shape index (κ2) is 8.92. The molecule has 0 saturated heterocycles. The molecule has 0 saturated carbocycles. The van der Waals surface area contributed by atoms with Gasteiger partial charge in [0.2, 0.25) is 5.91 Å². The number of halogens is 2. The van der Waals surface area contributed by atoms with Gasteiger partial charge in [0.15, 0.2) is 11.6 Å². The summed E-state index contributed by atoms with van der Waals surface area (Å²) >= 11 is 1.59. The number of aliphatic hydroxyl groups is 1. The lowest BCUT2D eigenvalue weighted by Gasteiger charge is -2.16. The normalized spacial score (nSPS) is 12.2. The molecule has 6 heteroatoms. The molecule has 3 nitrogen and oxygen atoms in total. The number of amides is 1. The van der Waals surface area contributed by atoms with Crippen LogP contribution in [0.3, 0.4) is 0 Å². The average Bonchev–Trinajstić information content (AvgIpc) is 2.41. The first-order valence-corrected chi connectivity index (χ1v) is 7.79. The van der Waals surface area contributed by atoms with E-state index in [1.165, 1.54) is 6.07 Å². The molecular formula is C14H19F2NO2S. The van der Waals surface area contributed by atoms with Crippen molar-refractivity contribution in [1.29, 1.82) is 0 Å². The Morgan fingerprint density at radius 2 is 2.15 bits per heavy atom. The van der Waals surface area contributed by atoms with E-state index in [0.717, 1.165) is 17.9 Å². The number of thioether (sulfide) groups is 1. The van der Waals surface area contributed by atoms with Crippen LogP contribution in [0.15, 0.2) is 18.2 Å². The Labute approximate surface area is 121 Å². The van der Waals surface area contributed by atoms with Gasteiger partial charge < -0.3 is 10.4 Å². The van der Waals surface area contributed by atoms with Crippen molar-refractivity contribution in [3.05, 3.63) is 35.4 Å². The van der Waals surface area contributed by atoms with Gasteiger partial charge in [0.25, 0.3) is 0 Å². The van der Waals surface area contributed by atoms with Crippen LogP contribution in [0.2, 0.25) is 0 Å². The zero-order valence-corrected chi connectivity index (χ0v) is 12.2. The first kappa shape index (κ1) is 16.9. The molecule has 0 radical (unpaired) electrons. The maximum absolute atomic E-state index is 13.0. The van der Waals surface area contributed by atoms with Gasteiger partial charge >= 0.3 is 0 Å². The molecule has 20 heavy (non-hydrogen) atoms. The van der Waals surface area contributed by atoms with Crippen LogP contribution in [0.5, 0.6) is 0 Å². The molecule has 1 aromatic rings. The maximum Gasteiger partial charge on any atom is 0.220 e. The minimum Gasteiger partial charge on any atom is -0.396 e. The molecule has 1 unspecified atom stereocenters. The quantitative estimate of drug-likeness (QED) is 0.773. The zero-order valence-electron chi connectivity index (χ0n) is 11.4. The smallest absolute Gasteiger partial charge is 0.220 e. The predicted octanol–water partition coefficient (Wildman–Crippen LogP) is 2.13. The van der Waals surface area contributed by atoms with Crippen LogP contribution < -0.4 is 5.32 Å². The third-order valence-corrected chi connectivity index (χ3v) is 3.57. The van der Waals surface area contributed by atoms with Gasteiger partial charge in [-0.15, -0.1) is 0 Å². The molecule has 0 fully saturated rings. The fraction of sp³-hybridized carbons (Fsp3) is 0.500. The van der Waals surface area contributed by atoms with E-state index in [0.29, 0.717) is 18.4 Å². The number of rotatable bonds is 8. The van der Waals surface area contributed by atoms with Gasteiger partial charge in [-0.2, -0.15) is 11.8 Å². The molecule has 2 N–H and O–H groups in total. The topological polar surface area (TPSA) is 49.3 Å². The summed E-state index contributed by atoms with van der Waals surface area (Å²) < 4.78 is 25.8. The summed E-state index contributed by atoms with van der Waals surface area (Å²) in [4.78, 5) is 11.8. The molecule has 1 aromatic carbocycles. The summed E-state index contributed by atoms with van der Waals surface area (Å²) in [6.45, 7) is 0.0225. The molecule has 0 aliphatic carbocycles. The Morgan fingerprint density at radius 1 is 1.40 bits per heavy atom. The highest BCUT2D eigenvalue weighted by Crippen LogP contribution is 2.10.